The molecule has 24 heavy (non-hydrogen) atoms. The monoisotopic (exact) mass is 336 g/mol. The van der Waals surface area contributed by atoms with Crippen LogP contribution < -0.4 is 10.2 Å². The first-order valence-corrected chi connectivity index (χ1v) is 7.90. The molecule has 3 rings (SSSR count). The first kappa shape index (κ1) is 16.7. The normalized spacial score (nSPS) is 19.5. The van der Waals surface area contributed by atoms with Crippen LogP contribution >= 0.6 is 0 Å². The van der Waals surface area contributed by atoms with Gasteiger partial charge in [0.2, 0.25) is 0 Å². The highest BCUT2D eigenvalue weighted by atomic mass is 19.4. The summed E-state index contributed by atoms with van der Waals surface area (Å²) in [7, 11) is 0. The summed E-state index contributed by atoms with van der Waals surface area (Å²) >= 11 is 0. The van der Waals surface area contributed by atoms with Crippen molar-refractivity contribution in [1.29, 1.82) is 0 Å². The summed E-state index contributed by atoms with van der Waals surface area (Å²) in [6.07, 6.45) is 1.01. The van der Waals surface area contributed by atoms with E-state index in [4.69, 9.17) is 0 Å². The average molecular weight is 336 g/mol. The van der Waals surface area contributed by atoms with E-state index in [9.17, 15) is 13.2 Å². The Labute approximate surface area is 138 Å². The van der Waals surface area contributed by atoms with Crippen molar-refractivity contribution in [2.75, 3.05) is 18.0 Å². The quantitative estimate of drug-likeness (QED) is 0.912. The standard InChI is InChI=1S/C17H19F3N4/c18-17(19,20)15(11-13-4-8-21-9-5-13)23-14-6-10-24(12-14)16-3-1-2-7-22-16/h1-5,7-9,14-15,23H,6,10-12H2/t14-,15+/m0/s1. The number of pyridine rings is 2. The molecule has 2 atom stereocenters. The van der Waals surface area contributed by atoms with E-state index in [1.54, 1.807) is 18.3 Å². The molecule has 1 aliphatic heterocycles. The molecule has 0 spiro atoms. The Bertz CT molecular complexity index is 633. The van der Waals surface area contributed by atoms with Crippen LogP contribution in [0.15, 0.2) is 48.9 Å². The summed E-state index contributed by atoms with van der Waals surface area (Å²) in [6, 6.07) is 7.05. The Morgan fingerprint density at radius 2 is 1.96 bits per heavy atom. The second kappa shape index (κ2) is 7.17. The average Bonchev–Trinajstić information content (AvgIpc) is 3.04. The van der Waals surface area contributed by atoms with Crippen molar-refractivity contribution in [1.82, 2.24) is 15.3 Å². The summed E-state index contributed by atoms with van der Waals surface area (Å²) < 4.78 is 40.1. The number of nitrogens with one attached hydrogen (secondary N) is 1. The highest BCUT2D eigenvalue weighted by molar-refractivity contribution is 5.39. The minimum Gasteiger partial charge on any atom is -0.355 e. The maximum Gasteiger partial charge on any atom is 0.404 e. The van der Waals surface area contributed by atoms with Gasteiger partial charge in [-0.25, -0.2) is 4.98 Å². The molecule has 0 aromatic carbocycles. The molecular weight excluding hydrogens is 317 g/mol. The summed E-state index contributed by atoms with van der Waals surface area (Å²) in [5.74, 6) is 0.805. The summed E-state index contributed by atoms with van der Waals surface area (Å²) in [4.78, 5) is 10.1. The first-order chi connectivity index (χ1) is 11.5. The maximum atomic E-state index is 13.4. The minimum atomic E-state index is -4.29. The zero-order chi connectivity index (χ0) is 17.0. The van der Waals surface area contributed by atoms with Crippen molar-refractivity contribution in [3.8, 4) is 0 Å². The third-order valence-corrected chi connectivity index (χ3v) is 4.18. The van der Waals surface area contributed by atoms with E-state index in [1.165, 1.54) is 12.4 Å². The molecule has 2 aromatic heterocycles. The fraction of sp³-hybridized carbons (Fsp3) is 0.412. The fourth-order valence-electron chi connectivity index (χ4n) is 2.95. The van der Waals surface area contributed by atoms with Gasteiger partial charge in [-0.05, 0) is 42.7 Å². The number of nitrogens with zero attached hydrogens (tertiary/aromatic N) is 3. The highest BCUT2D eigenvalue weighted by Crippen LogP contribution is 2.25. The van der Waals surface area contributed by atoms with Crippen LogP contribution in [0.4, 0.5) is 19.0 Å². The minimum absolute atomic E-state index is 0.0912. The smallest absolute Gasteiger partial charge is 0.355 e. The molecule has 0 saturated carbocycles. The predicted molar refractivity (Wildman–Crippen MR) is 85.8 cm³/mol. The van der Waals surface area contributed by atoms with Gasteiger partial charge in [-0.3, -0.25) is 4.98 Å². The van der Waals surface area contributed by atoms with Crippen LogP contribution in [0.2, 0.25) is 0 Å². The third-order valence-electron chi connectivity index (χ3n) is 4.18. The Hall–Kier alpha value is -2.15. The van der Waals surface area contributed by atoms with Gasteiger partial charge in [-0.15, -0.1) is 0 Å². The molecule has 0 radical (unpaired) electrons. The summed E-state index contributed by atoms with van der Waals surface area (Å²) in [5, 5.41) is 2.79. The van der Waals surface area contributed by atoms with E-state index in [0.29, 0.717) is 25.1 Å². The molecule has 1 fully saturated rings. The lowest BCUT2D eigenvalue weighted by atomic mass is 10.1. The molecule has 3 heterocycles. The molecule has 7 heteroatoms. The lowest BCUT2D eigenvalue weighted by molar-refractivity contribution is -0.157. The van der Waals surface area contributed by atoms with Crippen LogP contribution in [-0.4, -0.2) is 41.3 Å². The molecule has 0 amide bonds. The number of hydrogen-bond acceptors (Lipinski definition) is 4. The van der Waals surface area contributed by atoms with Crippen LogP contribution in [-0.2, 0) is 6.42 Å². The van der Waals surface area contributed by atoms with Gasteiger partial charge in [0.15, 0.2) is 0 Å². The van der Waals surface area contributed by atoms with Gasteiger partial charge >= 0.3 is 6.18 Å². The number of halogens is 3. The molecule has 0 aliphatic carbocycles. The van der Waals surface area contributed by atoms with Crippen LogP contribution in [0.1, 0.15) is 12.0 Å². The molecule has 0 bridgehead atoms. The first-order valence-electron chi connectivity index (χ1n) is 7.90. The SMILES string of the molecule is FC(F)(F)[C@@H](Cc1ccncc1)N[C@H]1CCN(c2ccccn2)C1. The molecule has 1 saturated heterocycles. The maximum absolute atomic E-state index is 13.4. The number of hydrogen-bond donors (Lipinski definition) is 1. The van der Waals surface area contributed by atoms with Crippen LogP contribution in [0.3, 0.4) is 0 Å². The summed E-state index contributed by atoms with van der Waals surface area (Å²) in [6.45, 7) is 1.23. The fourth-order valence-corrected chi connectivity index (χ4v) is 2.95. The van der Waals surface area contributed by atoms with Crippen LogP contribution in [0.5, 0.6) is 0 Å². The molecule has 1 aliphatic rings. The van der Waals surface area contributed by atoms with Gasteiger partial charge in [0.1, 0.15) is 11.9 Å². The highest BCUT2D eigenvalue weighted by Gasteiger charge is 2.41. The second-order valence-electron chi connectivity index (χ2n) is 5.94. The van der Waals surface area contributed by atoms with Crippen LogP contribution in [0.25, 0.3) is 0 Å². The van der Waals surface area contributed by atoms with Crippen molar-refractivity contribution in [2.45, 2.75) is 31.1 Å². The topological polar surface area (TPSA) is 41.1 Å². The summed E-state index contributed by atoms with van der Waals surface area (Å²) in [5.41, 5.74) is 0.624. The Morgan fingerprint density at radius 3 is 2.62 bits per heavy atom. The molecule has 1 N–H and O–H groups in total. The zero-order valence-corrected chi connectivity index (χ0v) is 13.1. The lowest BCUT2D eigenvalue weighted by Crippen LogP contribution is -2.49. The molecule has 128 valence electrons. The van der Waals surface area contributed by atoms with Crippen LogP contribution in [0, 0.1) is 0 Å². The van der Waals surface area contributed by atoms with E-state index in [2.05, 4.69) is 15.3 Å². The van der Waals surface area contributed by atoms with E-state index in [0.717, 1.165) is 5.82 Å². The van der Waals surface area contributed by atoms with Gasteiger partial charge in [-0.1, -0.05) is 6.07 Å². The van der Waals surface area contributed by atoms with Gasteiger partial charge < -0.3 is 10.2 Å². The largest absolute Gasteiger partial charge is 0.404 e. The van der Waals surface area contributed by atoms with Crippen molar-refractivity contribution in [3.05, 3.63) is 54.5 Å². The van der Waals surface area contributed by atoms with Crippen molar-refractivity contribution in [2.24, 2.45) is 0 Å². The number of alkyl halides is 3. The molecular formula is C17H19F3N4. The predicted octanol–water partition coefficient (Wildman–Crippen LogP) is 2.82. The van der Waals surface area contributed by atoms with Gasteiger partial charge in [0.25, 0.3) is 0 Å². The number of aromatic nitrogens is 2. The van der Waals surface area contributed by atoms with Gasteiger partial charge in [-0.2, -0.15) is 13.2 Å². The third kappa shape index (κ3) is 4.23. The van der Waals surface area contributed by atoms with Crippen molar-refractivity contribution >= 4 is 5.82 Å². The Morgan fingerprint density at radius 1 is 1.17 bits per heavy atom. The van der Waals surface area contributed by atoms with Crippen molar-refractivity contribution < 1.29 is 13.2 Å². The molecule has 2 aromatic rings. The Kier molecular flexibility index (Phi) is 4.99. The molecule has 4 nitrogen and oxygen atoms in total. The van der Waals surface area contributed by atoms with Gasteiger partial charge in [0, 0.05) is 37.7 Å². The van der Waals surface area contributed by atoms with E-state index in [-0.39, 0.29) is 12.5 Å². The lowest BCUT2D eigenvalue weighted by Gasteiger charge is -2.26. The number of anilines is 1. The van der Waals surface area contributed by atoms with Crippen molar-refractivity contribution in [3.63, 3.8) is 0 Å². The Balaban J connectivity index is 1.63. The second-order valence-corrected chi connectivity index (χ2v) is 5.94. The molecule has 0 unspecified atom stereocenters. The zero-order valence-electron chi connectivity index (χ0n) is 13.1. The van der Waals surface area contributed by atoms with E-state index in [1.807, 2.05) is 23.1 Å². The van der Waals surface area contributed by atoms with E-state index < -0.39 is 12.2 Å². The number of rotatable bonds is 5. The van der Waals surface area contributed by atoms with Gasteiger partial charge in [0.05, 0.1) is 0 Å². The van der Waals surface area contributed by atoms with E-state index >= 15 is 0 Å².